The van der Waals surface area contributed by atoms with Crippen LogP contribution < -0.4 is 10.1 Å². The summed E-state index contributed by atoms with van der Waals surface area (Å²) in [5, 5.41) is 3.69. The van der Waals surface area contributed by atoms with Gasteiger partial charge in [-0.1, -0.05) is 12.1 Å². The molecular weight excluding hydrogens is 250 g/mol. The Labute approximate surface area is 122 Å². The third kappa shape index (κ3) is 4.22. The second kappa shape index (κ2) is 6.59. The Bertz CT molecular complexity index is 410. The van der Waals surface area contributed by atoms with Crippen molar-refractivity contribution in [3.05, 3.63) is 29.8 Å². The van der Waals surface area contributed by atoms with Gasteiger partial charge in [-0.25, -0.2) is 0 Å². The predicted molar refractivity (Wildman–Crippen MR) is 82.2 cm³/mol. The lowest BCUT2D eigenvalue weighted by Crippen LogP contribution is -2.40. The highest BCUT2D eigenvalue weighted by Gasteiger charge is 2.33. The SMILES string of the molecule is CCOC(C)(C)CNC(c1ccc(OC)cc1)C1CC1. The minimum atomic E-state index is -0.117. The molecular formula is C17H27NO2. The maximum Gasteiger partial charge on any atom is 0.118 e. The van der Waals surface area contributed by atoms with Crippen LogP contribution in [0.15, 0.2) is 24.3 Å². The summed E-state index contributed by atoms with van der Waals surface area (Å²) in [7, 11) is 1.70. The number of hydrogen-bond donors (Lipinski definition) is 1. The minimum absolute atomic E-state index is 0.117. The molecule has 0 aliphatic heterocycles. The van der Waals surface area contributed by atoms with Gasteiger partial charge in [-0.05, 0) is 57.2 Å². The lowest BCUT2D eigenvalue weighted by Gasteiger charge is -2.28. The van der Waals surface area contributed by atoms with E-state index in [0.29, 0.717) is 6.04 Å². The Morgan fingerprint density at radius 3 is 2.40 bits per heavy atom. The van der Waals surface area contributed by atoms with E-state index < -0.39 is 0 Å². The van der Waals surface area contributed by atoms with Gasteiger partial charge in [-0.3, -0.25) is 0 Å². The number of rotatable bonds is 8. The maximum absolute atomic E-state index is 5.77. The first-order valence-corrected chi connectivity index (χ1v) is 7.57. The summed E-state index contributed by atoms with van der Waals surface area (Å²) in [5.74, 6) is 1.68. The van der Waals surface area contributed by atoms with Crippen LogP contribution in [0.3, 0.4) is 0 Å². The molecule has 0 heterocycles. The quantitative estimate of drug-likeness (QED) is 0.788. The molecule has 3 heteroatoms. The third-order valence-corrected chi connectivity index (χ3v) is 3.85. The molecule has 2 rings (SSSR count). The van der Waals surface area contributed by atoms with E-state index in [-0.39, 0.29) is 5.60 Å². The number of hydrogen-bond acceptors (Lipinski definition) is 3. The molecule has 0 aromatic heterocycles. The second-order valence-electron chi connectivity index (χ2n) is 6.16. The van der Waals surface area contributed by atoms with Gasteiger partial charge >= 0.3 is 0 Å². The molecule has 1 saturated carbocycles. The lowest BCUT2D eigenvalue weighted by atomic mass is 10.0. The molecule has 0 saturated heterocycles. The van der Waals surface area contributed by atoms with E-state index >= 15 is 0 Å². The van der Waals surface area contributed by atoms with Gasteiger partial charge in [0, 0.05) is 19.2 Å². The molecule has 1 aliphatic rings. The first-order valence-electron chi connectivity index (χ1n) is 7.57. The van der Waals surface area contributed by atoms with Crippen molar-refractivity contribution in [2.24, 2.45) is 5.92 Å². The van der Waals surface area contributed by atoms with Crippen molar-refractivity contribution < 1.29 is 9.47 Å². The number of ether oxygens (including phenoxy) is 2. The van der Waals surface area contributed by atoms with Crippen molar-refractivity contribution in [1.29, 1.82) is 0 Å². The van der Waals surface area contributed by atoms with E-state index in [1.807, 2.05) is 19.1 Å². The van der Waals surface area contributed by atoms with E-state index in [1.165, 1.54) is 18.4 Å². The third-order valence-electron chi connectivity index (χ3n) is 3.85. The first kappa shape index (κ1) is 15.3. The topological polar surface area (TPSA) is 30.5 Å². The van der Waals surface area contributed by atoms with Crippen LogP contribution >= 0.6 is 0 Å². The van der Waals surface area contributed by atoms with Crippen LogP contribution in [0.2, 0.25) is 0 Å². The summed E-state index contributed by atoms with van der Waals surface area (Å²) in [6.45, 7) is 7.95. The van der Waals surface area contributed by atoms with Crippen molar-refractivity contribution in [1.82, 2.24) is 5.32 Å². The Morgan fingerprint density at radius 1 is 1.25 bits per heavy atom. The van der Waals surface area contributed by atoms with Crippen LogP contribution in [0, 0.1) is 5.92 Å². The van der Waals surface area contributed by atoms with Crippen LogP contribution in [-0.4, -0.2) is 25.9 Å². The highest BCUT2D eigenvalue weighted by molar-refractivity contribution is 5.30. The average Bonchev–Trinajstić information content (AvgIpc) is 3.24. The summed E-state index contributed by atoms with van der Waals surface area (Å²) in [4.78, 5) is 0. The van der Waals surface area contributed by atoms with Crippen molar-refractivity contribution in [2.75, 3.05) is 20.3 Å². The lowest BCUT2D eigenvalue weighted by molar-refractivity contribution is -0.0111. The molecule has 0 amide bonds. The largest absolute Gasteiger partial charge is 0.497 e. The highest BCUT2D eigenvalue weighted by atomic mass is 16.5. The van der Waals surface area contributed by atoms with E-state index in [4.69, 9.17) is 9.47 Å². The molecule has 1 aliphatic carbocycles. The van der Waals surface area contributed by atoms with Crippen LogP contribution in [0.5, 0.6) is 5.75 Å². The fourth-order valence-electron chi connectivity index (χ4n) is 2.60. The van der Waals surface area contributed by atoms with Crippen molar-refractivity contribution in [3.63, 3.8) is 0 Å². The van der Waals surface area contributed by atoms with Gasteiger partial charge in [0.1, 0.15) is 5.75 Å². The number of benzene rings is 1. The van der Waals surface area contributed by atoms with Crippen LogP contribution in [-0.2, 0) is 4.74 Å². The van der Waals surface area contributed by atoms with Gasteiger partial charge in [0.2, 0.25) is 0 Å². The first-order chi connectivity index (χ1) is 9.55. The normalized spacial score (nSPS) is 17.0. The summed E-state index contributed by atoms with van der Waals surface area (Å²) < 4.78 is 11.0. The number of methoxy groups -OCH3 is 1. The van der Waals surface area contributed by atoms with Gasteiger partial charge < -0.3 is 14.8 Å². The van der Waals surface area contributed by atoms with E-state index in [9.17, 15) is 0 Å². The molecule has 1 aromatic rings. The van der Waals surface area contributed by atoms with Crippen molar-refractivity contribution >= 4 is 0 Å². The van der Waals surface area contributed by atoms with Gasteiger partial charge in [-0.15, -0.1) is 0 Å². The highest BCUT2D eigenvalue weighted by Crippen LogP contribution is 2.41. The van der Waals surface area contributed by atoms with Crippen LogP contribution in [0.4, 0.5) is 0 Å². The second-order valence-corrected chi connectivity index (χ2v) is 6.16. The summed E-state index contributed by atoms with van der Waals surface area (Å²) >= 11 is 0. The Hall–Kier alpha value is -1.06. The summed E-state index contributed by atoms with van der Waals surface area (Å²) in [5.41, 5.74) is 1.23. The molecule has 20 heavy (non-hydrogen) atoms. The maximum atomic E-state index is 5.77. The van der Waals surface area contributed by atoms with Crippen molar-refractivity contribution in [3.8, 4) is 5.75 Å². The molecule has 1 atom stereocenters. The Morgan fingerprint density at radius 2 is 1.90 bits per heavy atom. The van der Waals surface area contributed by atoms with Crippen molar-refractivity contribution in [2.45, 2.75) is 45.3 Å². The van der Waals surface area contributed by atoms with E-state index in [1.54, 1.807) is 7.11 Å². The minimum Gasteiger partial charge on any atom is -0.497 e. The molecule has 1 unspecified atom stereocenters. The molecule has 3 nitrogen and oxygen atoms in total. The van der Waals surface area contributed by atoms with Gasteiger partial charge in [-0.2, -0.15) is 0 Å². The predicted octanol–water partition coefficient (Wildman–Crippen LogP) is 3.55. The molecule has 112 valence electrons. The van der Waals surface area contributed by atoms with Gasteiger partial charge in [0.25, 0.3) is 0 Å². The molecule has 1 N–H and O–H groups in total. The standard InChI is InChI=1S/C17H27NO2/c1-5-20-17(2,3)12-18-16(13-6-7-13)14-8-10-15(19-4)11-9-14/h8-11,13,16,18H,5-7,12H2,1-4H3. The monoisotopic (exact) mass is 277 g/mol. The fourth-order valence-corrected chi connectivity index (χ4v) is 2.60. The molecule has 0 spiro atoms. The average molecular weight is 277 g/mol. The molecule has 0 bridgehead atoms. The Kier molecular flexibility index (Phi) is 5.06. The summed E-state index contributed by atoms with van der Waals surface area (Å²) in [6.07, 6.45) is 2.64. The molecule has 0 radical (unpaired) electrons. The van der Waals surface area contributed by atoms with E-state index in [2.05, 4.69) is 31.3 Å². The van der Waals surface area contributed by atoms with Crippen LogP contribution in [0.1, 0.15) is 45.2 Å². The zero-order valence-corrected chi connectivity index (χ0v) is 13.1. The zero-order valence-electron chi connectivity index (χ0n) is 13.1. The van der Waals surface area contributed by atoms with Gasteiger partial charge in [0.15, 0.2) is 0 Å². The molecule has 1 fully saturated rings. The summed E-state index contributed by atoms with van der Waals surface area (Å²) in [6, 6.07) is 8.85. The fraction of sp³-hybridized carbons (Fsp3) is 0.647. The Balaban J connectivity index is 2.00. The van der Waals surface area contributed by atoms with Crippen LogP contribution in [0.25, 0.3) is 0 Å². The number of nitrogens with one attached hydrogen (secondary N) is 1. The molecule has 1 aromatic carbocycles. The zero-order chi connectivity index (χ0) is 14.6. The smallest absolute Gasteiger partial charge is 0.118 e. The van der Waals surface area contributed by atoms with Gasteiger partial charge in [0.05, 0.1) is 12.7 Å². The van der Waals surface area contributed by atoms with E-state index in [0.717, 1.165) is 24.8 Å².